The molecule has 2 N–H and O–H groups in total. The number of hydrogen-bond acceptors (Lipinski definition) is 5. The van der Waals surface area contributed by atoms with Gasteiger partial charge >= 0.3 is 0 Å². The highest BCUT2D eigenvalue weighted by atomic mass is 35.5. The summed E-state index contributed by atoms with van der Waals surface area (Å²) in [5, 5.41) is 12.6. The number of hydrogen-bond donors (Lipinski definition) is 2. The van der Waals surface area contributed by atoms with Crippen LogP contribution < -0.4 is 10.7 Å². The molecular formula is C27H20ClN5O2S. The zero-order valence-electron chi connectivity index (χ0n) is 18.9. The van der Waals surface area contributed by atoms with Gasteiger partial charge in [-0.15, -0.1) is 11.3 Å². The standard InChI is InChI=1S/C27H20ClN5O2S/c28-24-21-13-7-8-14-22(21)36-26(24)27(35)29-16-23(34)31-30-15-19-17-33(20-11-5-2-6-12-20)32-25(19)18-9-3-1-4-10-18/h1-15,17H,16H2,(H,29,35)(H,31,34)/b30-15+. The second-order valence-electron chi connectivity index (χ2n) is 7.80. The number of aromatic nitrogens is 2. The Bertz CT molecular complexity index is 1560. The normalized spacial score (nSPS) is 11.1. The highest BCUT2D eigenvalue weighted by Gasteiger charge is 2.17. The van der Waals surface area contributed by atoms with Crippen molar-refractivity contribution in [2.24, 2.45) is 5.10 Å². The minimum absolute atomic E-state index is 0.241. The quantitative estimate of drug-likeness (QED) is 0.229. The predicted molar refractivity (Wildman–Crippen MR) is 144 cm³/mol. The molecule has 3 aromatic carbocycles. The SMILES string of the molecule is O=C(CNC(=O)c1sc2ccccc2c1Cl)N/N=C/c1cn(-c2ccccc2)nc1-c1ccccc1. The van der Waals surface area contributed by atoms with Crippen LogP contribution in [0.15, 0.2) is 96.2 Å². The number of hydrazone groups is 1. The summed E-state index contributed by atoms with van der Waals surface area (Å²) in [6.45, 7) is -0.241. The summed E-state index contributed by atoms with van der Waals surface area (Å²) < 4.78 is 2.67. The van der Waals surface area contributed by atoms with E-state index in [0.29, 0.717) is 9.90 Å². The van der Waals surface area contributed by atoms with E-state index in [1.165, 1.54) is 17.6 Å². The van der Waals surface area contributed by atoms with Crippen LogP contribution in [0.3, 0.4) is 0 Å². The van der Waals surface area contributed by atoms with E-state index in [1.54, 1.807) is 4.68 Å². The molecule has 5 aromatic rings. The highest BCUT2D eigenvalue weighted by Crippen LogP contribution is 2.34. The molecule has 2 aromatic heterocycles. The van der Waals surface area contributed by atoms with E-state index in [0.717, 1.165) is 32.6 Å². The van der Waals surface area contributed by atoms with Gasteiger partial charge in [0.25, 0.3) is 11.8 Å². The molecule has 5 rings (SSSR count). The van der Waals surface area contributed by atoms with Gasteiger partial charge in [0.15, 0.2) is 0 Å². The van der Waals surface area contributed by atoms with Gasteiger partial charge in [0.2, 0.25) is 0 Å². The first-order valence-corrected chi connectivity index (χ1v) is 12.3. The molecule has 2 heterocycles. The average molecular weight is 514 g/mol. The van der Waals surface area contributed by atoms with Crippen molar-refractivity contribution in [2.75, 3.05) is 6.54 Å². The van der Waals surface area contributed by atoms with Crippen LogP contribution in [-0.2, 0) is 4.79 Å². The molecule has 0 saturated carbocycles. The summed E-state index contributed by atoms with van der Waals surface area (Å²) in [4.78, 5) is 25.2. The lowest BCUT2D eigenvalue weighted by molar-refractivity contribution is -0.120. The molecule has 0 saturated heterocycles. The molecular weight excluding hydrogens is 494 g/mol. The Morgan fingerprint density at radius 1 is 0.972 bits per heavy atom. The van der Waals surface area contributed by atoms with Crippen LogP contribution in [0.1, 0.15) is 15.2 Å². The number of halogens is 1. The molecule has 0 atom stereocenters. The van der Waals surface area contributed by atoms with E-state index in [4.69, 9.17) is 16.7 Å². The third-order valence-corrected chi connectivity index (χ3v) is 7.03. The Labute approximate surface area is 216 Å². The summed E-state index contributed by atoms with van der Waals surface area (Å²) in [6.07, 6.45) is 3.38. The monoisotopic (exact) mass is 513 g/mol. The molecule has 0 bridgehead atoms. The number of amides is 2. The first-order chi connectivity index (χ1) is 17.6. The fourth-order valence-corrected chi connectivity index (χ4v) is 5.06. The minimum Gasteiger partial charge on any atom is -0.342 e. The highest BCUT2D eigenvalue weighted by molar-refractivity contribution is 7.21. The number of nitrogens with one attached hydrogen (secondary N) is 2. The van der Waals surface area contributed by atoms with Gasteiger partial charge < -0.3 is 5.32 Å². The molecule has 0 spiro atoms. The Hall–Kier alpha value is -4.27. The smallest absolute Gasteiger partial charge is 0.263 e. The first kappa shape index (κ1) is 23.5. The van der Waals surface area contributed by atoms with Crippen LogP contribution in [0.2, 0.25) is 5.02 Å². The van der Waals surface area contributed by atoms with Crippen molar-refractivity contribution in [1.29, 1.82) is 0 Å². The summed E-state index contributed by atoms with van der Waals surface area (Å²) in [7, 11) is 0. The molecule has 0 unspecified atom stereocenters. The number of thiophene rings is 1. The summed E-state index contributed by atoms with van der Waals surface area (Å²) in [5.74, 6) is -0.871. The van der Waals surface area contributed by atoms with Crippen molar-refractivity contribution in [3.8, 4) is 16.9 Å². The maximum atomic E-state index is 12.6. The Balaban J connectivity index is 1.26. The van der Waals surface area contributed by atoms with Crippen LogP contribution in [0.25, 0.3) is 27.0 Å². The van der Waals surface area contributed by atoms with Crippen molar-refractivity contribution >= 4 is 51.1 Å². The van der Waals surface area contributed by atoms with Crippen molar-refractivity contribution in [3.63, 3.8) is 0 Å². The number of rotatable bonds is 7. The molecule has 9 heteroatoms. The van der Waals surface area contributed by atoms with Crippen molar-refractivity contribution < 1.29 is 9.59 Å². The molecule has 36 heavy (non-hydrogen) atoms. The fraction of sp³-hybridized carbons (Fsp3) is 0.0370. The van der Waals surface area contributed by atoms with Crippen molar-refractivity contribution in [3.05, 3.63) is 107 Å². The van der Waals surface area contributed by atoms with E-state index in [-0.39, 0.29) is 6.54 Å². The summed E-state index contributed by atoms with van der Waals surface area (Å²) in [6, 6.07) is 27.0. The molecule has 0 aliphatic heterocycles. The van der Waals surface area contributed by atoms with Crippen LogP contribution >= 0.6 is 22.9 Å². The zero-order chi connectivity index (χ0) is 24.9. The zero-order valence-corrected chi connectivity index (χ0v) is 20.5. The van der Waals surface area contributed by atoms with Crippen LogP contribution in [-0.4, -0.2) is 34.4 Å². The predicted octanol–water partition coefficient (Wildman–Crippen LogP) is 5.29. The molecule has 178 valence electrons. The van der Waals surface area contributed by atoms with Gasteiger partial charge in [-0.3, -0.25) is 9.59 Å². The number of carbonyl (C=O) groups excluding carboxylic acids is 2. The van der Waals surface area contributed by atoms with Crippen LogP contribution in [0.5, 0.6) is 0 Å². The Kier molecular flexibility index (Phi) is 6.88. The number of para-hydroxylation sites is 1. The lowest BCUT2D eigenvalue weighted by atomic mass is 10.1. The second-order valence-corrected chi connectivity index (χ2v) is 9.23. The van der Waals surface area contributed by atoms with E-state index in [9.17, 15) is 9.59 Å². The lowest BCUT2D eigenvalue weighted by Gasteiger charge is -2.03. The fourth-order valence-electron chi connectivity index (χ4n) is 3.63. The minimum atomic E-state index is -0.464. The van der Waals surface area contributed by atoms with Crippen LogP contribution in [0.4, 0.5) is 0 Å². The summed E-state index contributed by atoms with van der Waals surface area (Å²) in [5.41, 5.74) is 5.74. The molecule has 7 nitrogen and oxygen atoms in total. The van der Waals surface area contributed by atoms with Crippen molar-refractivity contribution in [1.82, 2.24) is 20.5 Å². The molecule has 0 radical (unpaired) electrons. The molecule has 0 aliphatic carbocycles. The van der Waals surface area contributed by atoms with Gasteiger partial charge in [-0.2, -0.15) is 10.2 Å². The third kappa shape index (κ3) is 5.05. The van der Waals surface area contributed by atoms with Gasteiger partial charge in [0.05, 0.1) is 23.5 Å². The largest absolute Gasteiger partial charge is 0.342 e. The average Bonchev–Trinajstić information content (AvgIpc) is 3.50. The lowest BCUT2D eigenvalue weighted by Crippen LogP contribution is -2.34. The third-order valence-electron chi connectivity index (χ3n) is 5.35. The van der Waals surface area contributed by atoms with E-state index < -0.39 is 11.8 Å². The van der Waals surface area contributed by atoms with Gasteiger partial charge in [0, 0.05) is 27.4 Å². The van der Waals surface area contributed by atoms with E-state index in [1.807, 2.05) is 91.1 Å². The number of carbonyl (C=O) groups is 2. The second kappa shape index (κ2) is 10.6. The van der Waals surface area contributed by atoms with Gasteiger partial charge in [-0.05, 0) is 18.2 Å². The molecule has 0 aliphatic rings. The number of benzene rings is 3. The molecule has 0 fully saturated rings. The molecule has 2 amide bonds. The summed E-state index contributed by atoms with van der Waals surface area (Å²) >= 11 is 7.63. The maximum absolute atomic E-state index is 12.6. The van der Waals surface area contributed by atoms with Crippen LogP contribution in [0, 0.1) is 0 Å². The maximum Gasteiger partial charge on any atom is 0.263 e. The van der Waals surface area contributed by atoms with Crippen molar-refractivity contribution in [2.45, 2.75) is 0 Å². The number of fused-ring (bicyclic) bond motifs is 1. The van der Waals surface area contributed by atoms with E-state index >= 15 is 0 Å². The Morgan fingerprint density at radius 3 is 2.42 bits per heavy atom. The topological polar surface area (TPSA) is 88.4 Å². The van der Waals surface area contributed by atoms with Gasteiger partial charge in [-0.25, -0.2) is 10.1 Å². The Morgan fingerprint density at radius 2 is 1.67 bits per heavy atom. The van der Waals surface area contributed by atoms with E-state index in [2.05, 4.69) is 15.8 Å². The number of nitrogens with zero attached hydrogens (tertiary/aromatic N) is 3. The van der Waals surface area contributed by atoms with Gasteiger partial charge in [0.1, 0.15) is 10.6 Å². The van der Waals surface area contributed by atoms with Gasteiger partial charge in [-0.1, -0.05) is 78.3 Å². The first-order valence-electron chi connectivity index (χ1n) is 11.1.